The van der Waals surface area contributed by atoms with Gasteiger partial charge >= 0.3 is 5.97 Å². The Morgan fingerprint density at radius 3 is 2.07 bits per heavy atom. The number of rotatable bonds is 7. The molecule has 1 heterocycles. The van der Waals surface area contributed by atoms with Crippen molar-refractivity contribution in [2.24, 2.45) is 0 Å². The molecule has 0 atom stereocenters. The van der Waals surface area contributed by atoms with E-state index in [0.717, 1.165) is 0 Å². The summed E-state index contributed by atoms with van der Waals surface area (Å²) in [6.45, 7) is 1.83. The minimum atomic E-state index is -0.544. The lowest BCUT2D eigenvalue weighted by molar-refractivity contribution is -0.141. The predicted octanol–water partition coefficient (Wildman–Crippen LogP) is 2.85. The van der Waals surface area contributed by atoms with Crippen molar-refractivity contribution in [3.05, 3.63) is 83.9 Å². The first-order valence-electron chi connectivity index (χ1n) is 8.36. The highest BCUT2D eigenvalue weighted by Gasteiger charge is 2.26. The molecule has 0 bridgehead atoms. The molecule has 0 spiro atoms. The molecule has 3 aromatic rings. The predicted molar refractivity (Wildman–Crippen MR) is 94.4 cm³/mol. The molecule has 3 rings (SSSR count). The zero-order chi connectivity index (χ0) is 19.2. The number of halogens is 2. The molecule has 0 aliphatic heterocycles. The molecule has 27 heavy (non-hydrogen) atoms. The van der Waals surface area contributed by atoms with Crippen molar-refractivity contribution in [2.45, 2.75) is 13.0 Å². The van der Waals surface area contributed by atoms with E-state index < -0.39 is 12.0 Å². The summed E-state index contributed by atoms with van der Waals surface area (Å²) in [6.07, 6.45) is 2.78. The van der Waals surface area contributed by atoms with Gasteiger partial charge in [0.1, 0.15) is 30.8 Å². The van der Waals surface area contributed by atoms with Gasteiger partial charge in [0.2, 0.25) is 0 Å². The van der Waals surface area contributed by atoms with Crippen molar-refractivity contribution < 1.29 is 18.3 Å². The molecule has 0 aliphatic carbocycles. The normalized spacial score (nSPS) is 10.8. The van der Waals surface area contributed by atoms with Gasteiger partial charge in [-0.1, -0.05) is 24.3 Å². The number of hydrogen-bond acceptors (Lipinski definition) is 5. The fourth-order valence-corrected chi connectivity index (χ4v) is 2.78. The van der Waals surface area contributed by atoms with Gasteiger partial charge in [-0.3, -0.25) is 9.80 Å². The molecule has 0 fully saturated rings. The number of carbonyl (C=O) groups excluding carboxylic acids is 1. The number of carbonyl (C=O) groups is 1. The van der Waals surface area contributed by atoms with Crippen LogP contribution >= 0.6 is 0 Å². The highest BCUT2D eigenvalue weighted by atomic mass is 19.1. The van der Waals surface area contributed by atoms with Crippen molar-refractivity contribution >= 4 is 5.97 Å². The largest absolute Gasteiger partial charge is 0.465 e. The van der Waals surface area contributed by atoms with Crippen LogP contribution in [0.4, 0.5) is 8.78 Å². The van der Waals surface area contributed by atoms with E-state index in [1.54, 1.807) is 36.2 Å². The molecule has 0 amide bonds. The number of esters is 1. The molecule has 0 unspecified atom stereocenters. The van der Waals surface area contributed by atoms with E-state index in [0.29, 0.717) is 11.1 Å². The maximum atomic E-state index is 13.4. The van der Waals surface area contributed by atoms with Crippen LogP contribution in [-0.4, -0.2) is 34.0 Å². The highest BCUT2D eigenvalue weighted by Crippen LogP contribution is 2.28. The summed E-state index contributed by atoms with van der Waals surface area (Å²) in [5.74, 6) is -1.22. The van der Waals surface area contributed by atoms with Crippen LogP contribution in [0.5, 0.6) is 0 Å². The Morgan fingerprint density at radius 1 is 1.07 bits per heavy atom. The number of nitrogens with zero attached hydrogens (tertiary/aromatic N) is 4. The Hall–Kier alpha value is -3.29. The molecule has 0 saturated carbocycles. The Labute approximate surface area is 155 Å². The van der Waals surface area contributed by atoms with Crippen LogP contribution < -0.4 is 5.01 Å². The molecule has 0 N–H and O–H groups in total. The van der Waals surface area contributed by atoms with Crippen LogP contribution in [0, 0.1) is 11.6 Å². The van der Waals surface area contributed by atoms with Crippen molar-refractivity contribution in [1.82, 2.24) is 14.9 Å². The van der Waals surface area contributed by atoms with Gasteiger partial charge < -0.3 is 4.74 Å². The summed E-state index contributed by atoms with van der Waals surface area (Å²) in [6, 6.07) is 11.2. The monoisotopic (exact) mass is 372 g/mol. The zero-order valence-electron chi connectivity index (χ0n) is 14.6. The van der Waals surface area contributed by atoms with E-state index in [1.165, 1.54) is 41.7 Å². The lowest BCUT2D eigenvalue weighted by atomic mass is 9.98. The third kappa shape index (κ3) is 4.46. The van der Waals surface area contributed by atoms with E-state index >= 15 is 0 Å². The second kappa shape index (κ2) is 8.39. The van der Waals surface area contributed by atoms with Gasteiger partial charge in [0.05, 0.1) is 12.6 Å². The van der Waals surface area contributed by atoms with Crippen LogP contribution in [-0.2, 0) is 9.53 Å². The van der Waals surface area contributed by atoms with Crippen molar-refractivity contribution in [3.8, 4) is 0 Å². The van der Waals surface area contributed by atoms with E-state index in [-0.39, 0.29) is 24.8 Å². The number of hydrogen-bond donors (Lipinski definition) is 0. The van der Waals surface area contributed by atoms with Crippen LogP contribution in [0.15, 0.2) is 61.2 Å². The van der Waals surface area contributed by atoms with Crippen molar-refractivity contribution in [2.75, 3.05) is 18.2 Å². The molecule has 8 heteroatoms. The molecular weight excluding hydrogens is 354 g/mol. The van der Waals surface area contributed by atoms with Gasteiger partial charge in [0, 0.05) is 0 Å². The molecule has 0 saturated heterocycles. The molecule has 0 radical (unpaired) electrons. The molecule has 6 nitrogen and oxygen atoms in total. The lowest BCUT2D eigenvalue weighted by Crippen LogP contribution is -2.43. The molecule has 0 aliphatic rings. The van der Waals surface area contributed by atoms with Gasteiger partial charge in [0.25, 0.3) is 0 Å². The second-order valence-electron chi connectivity index (χ2n) is 5.72. The van der Waals surface area contributed by atoms with Gasteiger partial charge in [-0.15, -0.1) is 5.10 Å². The molecule has 2 aromatic carbocycles. The van der Waals surface area contributed by atoms with E-state index in [9.17, 15) is 13.6 Å². The second-order valence-corrected chi connectivity index (χ2v) is 5.72. The van der Waals surface area contributed by atoms with Crippen LogP contribution in [0.2, 0.25) is 0 Å². The number of ether oxygens (including phenoxy) is 1. The molecule has 1 aromatic heterocycles. The summed E-state index contributed by atoms with van der Waals surface area (Å²) >= 11 is 0. The van der Waals surface area contributed by atoms with E-state index in [2.05, 4.69) is 10.1 Å². The first kappa shape index (κ1) is 18.5. The van der Waals surface area contributed by atoms with Crippen LogP contribution in [0.25, 0.3) is 0 Å². The summed E-state index contributed by atoms with van der Waals surface area (Å²) in [4.78, 5) is 17.5. The summed E-state index contributed by atoms with van der Waals surface area (Å²) in [5, 5.41) is 5.73. The van der Waals surface area contributed by atoms with Crippen molar-refractivity contribution in [3.63, 3.8) is 0 Å². The first-order chi connectivity index (χ1) is 13.1. The minimum absolute atomic E-state index is 0.128. The molecule has 140 valence electrons. The minimum Gasteiger partial charge on any atom is -0.465 e. The first-order valence-corrected chi connectivity index (χ1v) is 8.36. The lowest BCUT2D eigenvalue weighted by Gasteiger charge is -2.32. The van der Waals surface area contributed by atoms with Crippen molar-refractivity contribution in [1.29, 1.82) is 0 Å². The zero-order valence-corrected chi connectivity index (χ0v) is 14.6. The maximum absolute atomic E-state index is 13.4. The quantitative estimate of drug-likeness (QED) is 0.597. The SMILES string of the molecule is CCOC(=O)CN(C(c1ccc(F)cc1)c1ccc(F)cc1)n1cncn1. The Kier molecular flexibility index (Phi) is 5.75. The standard InChI is InChI=1S/C19H18F2N4O2/c1-2-27-18(26)11-24(25-13-22-12-23-25)19(14-3-7-16(20)8-4-14)15-5-9-17(21)10-6-15/h3-10,12-13,19H,2,11H2,1H3. The summed E-state index contributed by atoms with van der Waals surface area (Å²) in [7, 11) is 0. The van der Waals surface area contributed by atoms with E-state index in [1.807, 2.05) is 0 Å². The number of benzene rings is 2. The fourth-order valence-electron chi connectivity index (χ4n) is 2.78. The van der Waals surface area contributed by atoms with Gasteiger partial charge in [-0.2, -0.15) is 4.79 Å². The van der Waals surface area contributed by atoms with Crippen LogP contribution in [0.1, 0.15) is 24.1 Å². The average molecular weight is 372 g/mol. The van der Waals surface area contributed by atoms with Crippen LogP contribution in [0.3, 0.4) is 0 Å². The van der Waals surface area contributed by atoms with Gasteiger partial charge in [-0.25, -0.2) is 13.8 Å². The summed E-state index contributed by atoms with van der Waals surface area (Å²) < 4.78 is 31.9. The topological polar surface area (TPSA) is 60.2 Å². The third-order valence-corrected chi connectivity index (χ3v) is 3.94. The fraction of sp³-hybridized carbons (Fsp3) is 0.211. The third-order valence-electron chi connectivity index (χ3n) is 3.94. The smallest absolute Gasteiger partial charge is 0.327 e. The summed E-state index contributed by atoms with van der Waals surface area (Å²) in [5.41, 5.74) is 1.39. The maximum Gasteiger partial charge on any atom is 0.327 e. The highest BCUT2D eigenvalue weighted by molar-refractivity contribution is 5.73. The molecular formula is C19H18F2N4O2. The Balaban J connectivity index is 2.08. The number of aromatic nitrogens is 3. The average Bonchev–Trinajstić information content (AvgIpc) is 3.19. The van der Waals surface area contributed by atoms with E-state index in [4.69, 9.17) is 4.74 Å². The Bertz CT molecular complexity index is 822. The van der Waals surface area contributed by atoms with Gasteiger partial charge in [-0.05, 0) is 42.3 Å². The van der Waals surface area contributed by atoms with Gasteiger partial charge in [0.15, 0.2) is 0 Å². The Morgan fingerprint density at radius 2 is 1.63 bits per heavy atom.